The molecule has 0 saturated carbocycles. The van der Waals surface area contributed by atoms with Crippen LogP contribution >= 0.6 is 0 Å². The van der Waals surface area contributed by atoms with Gasteiger partial charge in [0.1, 0.15) is 18.1 Å². The van der Waals surface area contributed by atoms with Crippen molar-refractivity contribution in [2.24, 2.45) is 0 Å². The number of nitrogens with zero attached hydrogens (tertiary/aromatic N) is 1. The van der Waals surface area contributed by atoms with Crippen LogP contribution in [0, 0.1) is 0 Å². The minimum absolute atomic E-state index is 0.0200. The SMILES string of the molecule is O[C@H](CN1c2cccc(-c3cccc(OC(F)(F)F)c3)c2OC[C@@H]1c1cccc(OC(F)(F)C(F)F)c1)C(F)(F)F. The summed E-state index contributed by atoms with van der Waals surface area (Å²) in [5.41, 5.74) is 0.337. The lowest BCUT2D eigenvalue weighted by molar-refractivity contribution is -0.274. The van der Waals surface area contributed by atoms with Gasteiger partial charge in [0, 0.05) is 5.56 Å². The zero-order chi connectivity index (χ0) is 30.2. The van der Waals surface area contributed by atoms with Crippen LogP contribution in [0.3, 0.4) is 0 Å². The lowest BCUT2D eigenvalue weighted by atomic mass is 9.98. The Kier molecular flexibility index (Phi) is 8.21. The second kappa shape index (κ2) is 11.2. The normalized spacial score (nSPS) is 16.7. The second-order valence-corrected chi connectivity index (χ2v) is 8.80. The zero-order valence-electron chi connectivity index (χ0n) is 20.4. The number of aliphatic hydroxyl groups is 1. The summed E-state index contributed by atoms with van der Waals surface area (Å²) in [4.78, 5) is 1.07. The molecular weight excluding hydrogens is 580 g/mol. The van der Waals surface area contributed by atoms with E-state index in [0.29, 0.717) is 0 Å². The molecule has 222 valence electrons. The van der Waals surface area contributed by atoms with E-state index in [1.54, 1.807) is 0 Å². The summed E-state index contributed by atoms with van der Waals surface area (Å²) in [6, 6.07) is 12.1. The van der Waals surface area contributed by atoms with Crippen LogP contribution in [0.2, 0.25) is 0 Å². The number of halogens is 10. The molecule has 0 aromatic heterocycles. The van der Waals surface area contributed by atoms with Gasteiger partial charge < -0.3 is 24.2 Å². The van der Waals surface area contributed by atoms with Gasteiger partial charge in [-0.25, -0.2) is 0 Å². The molecule has 1 heterocycles. The van der Waals surface area contributed by atoms with Crippen molar-refractivity contribution < 1.29 is 63.2 Å². The number of hydrogen-bond acceptors (Lipinski definition) is 5. The van der Waals surface area contributed by atoms with Crippen molar-refractivity contribution >= 4 is 5.69 Å². The molecule has 0 bridgehead atoms. The first-order valence-electron chi connectivity index (χ1n) is 11.6. The Hall–Kier alpha value is -3.88. The third kappa shape index (κ3) is 7.07. The number of fused-ring (bicyclic) bond motifs is 1. The zero-order valence-corrected chi connectivity index (χ0v) is 20.4. The fourth-order valence-electron chi connectivity index (χ4n) is 4.19. The largest absolute Gasteiger partial charge is 0.573 e. The average Bonchev–Trinajstić information content (AvgIpc) is 2.87. The van der Waals surface area contributed by atoms with Crippen molar-refractivity contribution in [1.82, 2.24) is 0 Å². The lowest BCUT2D eigenvalue weighted by Gasteiger charge is -2.41. The number of rotatable bonds is 8. The highest BCUT2D eigenvalue weighted by atomic mass is 19.4. The quantitative estimate of drug-likeness (QED) is 0.275. The van der Waals surface area contributed by atoms with Crippen LogP contribution in [0.4, 0.5) is 49.6 Å². The molecule has 0 saturated heterocycles. The number of hydrogen-bond donors (Lipinski definition) is 1. The Balaban J connectivity index is 1.76. The number of alkyl halides is 10. The van der Waals surface area contributed by atoms with Crippen LogP contribution in [-0.4, -0.2) is 49.4 Å². The van der Waals surface area contributed by atoms with E-state index >= 15 is 0 Å². The molecule has 0 amide bonds. The molecule has 41 heavy (non-hydrogen) atoms. The smallest absolute Gasteiger partial charge is 0.488 e. The minimum atomic E-state index is -5.06. The Morgan fingerprint density at radius 3 is 2.12 bits per heavy atom. The van der Waals surface area contributed by atoms with Gasteiger partial charge in [-0.3, -0.25) is 0 Å². The van der Waals surface area contributed by atoms with Crippen LogP contribution < -0.4 is 19.1 Å². The number of para-hydroxylation sites is 1. The number of aliphatic hydroxyl groups excluding tert-OH is 1. The van der Waals surface area contributed by atoms with E-state index in [0.717, 1.165) is 35.2 Å². The average molecular weight is 599 g/mol. The lowest BCUT2D eigenvalue weighted by Crippen LogP contribution is -2.46. The topological polar surface area (TPSA) is 51.2 Å². The number of anilines is 1. The molecule has 0 unspecified atom stereocenters. The molecule has 0 radical (unpaired) electrons. The van der Waals surface area contributed by atoms with Gasteiger partial charge in [-0.2, -0.15) is 30.7 Å². The molecule has 15 heteroatoms. The first-order valence-corrected chi connectivity index (χ1v) is 11.6. The molecule has 1 aliphatic heterocycles. The van der Waals surface area contributed by atoms with Gasteiger partial charge in [0.2, 0.25) is 0 Å². The highest BCUT2D eigenvalue weighted by molar-refractivity contribution is 5.80. The van der Waals surface area contributed by atoms with Gasteiger partial charge in [-0.05, 0) is 41.5 Å². The van der Waals surface area contributed by atoms with E-state index in [4.69, 9.17) is 4.74 Å². The summed E-state index contributed by atoms with van der Waals surface area (Å²) in [6.07, 6.45) is -21.9. The van der Waals surface area contributed by atoms with E-state index in [-0.39, 0.29) is 28.1 Å². The van der Waals surface area contributed by atoms with Gasteiger partial charge in [-0.15, -0.1) is 13.2 Å². The Morgan fingerprint density at radius 2 is 1.49 bits per heavy atom. The van der Waals surface area contributed by atoms with E-state index in [1.165, 1.54) is 36.4 Å². The summed E-state index contributed by atoms with van der Waals surface area (Å²) >= 11 is 0. The summed E-state index contributed by atoms with van der Waals surface area (Å²) < 4.78 is 144. The van der Waals surface area contributed by atoms with Crippen molar-refractivity contribution in [2.45, 2.75) is 37.2 Å². The van der Waals surface area contributed by atoms with Crippen molar-refractivity contribution in [1.29, 1.82) is 0 Å². The summed E-state index contributed by atoms with van der Waals surface area (Å²) in [5, 5.41) is 9.89. The summed E-state index contributed by atoms with van der Waals surface area (Å²) in [5.74, 6) is -1.31. The first kappa shape index (κ1) is 30.1. The molecule has 2 atom stereocenters. The molecule has 0 spiro atoms. The maximum atomic E-state index is 13.5. The number of β-amino-alcohol motifs (C(OH)–C–C–N with tert-alkyl or cyclic N) is 1. The molecule has 0 fully saturated rings. The highest BCUT2D eigenvalue weighted by Crippen LogP contribution is 2.46. The summed E-state index contributed by atoms with van der Waals surface area (Å²) in [6.45, 7) is -1.49. The minimum Gasteiger partial charge on any atom is -0.488 e. The maximum Gasteiger partial charge on any atom is 0.573 e. The van der Waals surface area contributed by atoms with Crippen molar-refractivity contribution in [3.05, 3.63) is 72.3 Å². The second-order valence-electron chi connectivity index (χ2n) is 8.80. The van der Waals surface area contributed by atoms with Crippen molar-refractivity contribution in [3.8, 4) is 28.4 Å². The first-order chi connectivity index (χ1) is 19.0. The van der Waals surface area contributed by atoms with Crippen LogP contribution in [-0.2, 0) is 0 Å². The van der Waals surface area contributed by atoms with Gasteiger partial charge in [-0.1, -0.05) is 36.4 Å². The fourth-order valence-corrected chi connectivity index (χ4v) is 4.19. The van der Waals surface area contributed by atoms with Crippen LogP contribution in [0.5, 0.6) is 17.2 Å². The Bertz CT molecular complexity index is 1360. The van der Waals surface area contributed by atoms with Crippen LogP contribution in [0.25, 0.3) is 11.1 Å². The van der Waals surface area contributed by atoms with Crippen LogP contribution in [0.15, 0.2) is 66.7 Å². The monoisotopic (exact) mass is 599 g/mol. The van der Waals surface area contributed by atoms with Gasteiger partial charge in [0.25, 0.3) is 0 Å². The molecule has 0 aliphatic carbocycles. The Morgan fingerprint density at radius 1 is 0.854 bits per heavy atom. The number of benzene rings is 3. The predicted octanol–water partition coefficient (Wildman–Crippen LogP) is 7.35. The van der Waals surface area contributed by atoms with E-state index < -0.39 is 61.9 Å². The van der Waals surface area contributed by atoms with E-state index in [1.807, 2.05) is 0 Å². The molecule has 1 aliphatic rings. The van der Waals surface area contributed by atoms with Gasteiger partial charge >= 0.3 is 25.1 Å². The molecule has 5 nitrogen and oxygen atoms in total. The van der Waals surface area contributed by atoms with Crippen molar-refractivity contribution in [3.63, 3.8) is 0 Å². The summed E-state index contributed by atoms with van der Waals surface area (Å²) in [7, 11) is 0. The molecular formula is C26H19F10NO4. The Labute approximate surface area is 225 Å². The fraction of sp³-hybridized carbons (Fsp3) is 0.308. The van der Waals surface area contributed by atoms with Gasteiger partial charge in [0.05, 0.1) is 18.3 Å². The van der Waals surface area contributed by atoms with Crippen LogP contribution in [0.1, 0.15) is 11.6 Å². The van der Waals surface area contributed by atoms with Crippen molar-refractivity contribution in [2.75, 3.05) is 18.1 Å². The standard InChI is InChI=1S/C26H19F10NO4/c27-23(28)25(32,33)40-16-6-2-5-15(11-16)20-13-39-22-18(14-4-1-7-17(10-14)41-26(34,35)36)8-3-9-19(22)37(20)12-21(38)24(29,30)31/h1-11,20-21,23,38H,12-13H2/t20-,21-/m1/s1. The molecule has 3 aromatic carbocycles. The molecule has 1 N–H and O–H groups in total. The predicted molar refractivity (Wildman–Crippen MR) is 124 cm³/mol. The van der Waals surface area contributed by atoms with Gasteiger partial charge in [0.15, 0.2) is 11.9 Å². The highest BCUT2D eigenvalue weighted by Gasteiger charge is 2.45. The molecule has 3 aromatic rings. The third-order valence-corrected chi connectivity index (χ3v) is 5.94. The van der Waals surface area contributed by atoms with E-state index in [9.17, 15) is 49.0 Å². The molecule has 4 rings (SSSR count). The number of ether oxygens (including phenoxy) is 3. The maximum absolute atomic E-state index is 13.5. The third-order valence-electron chi connectivity index (χ3n) is 5.94. The van der Waals surface area contributed by atoms with E-state index in [2.05, 4.69) is 9.47 Å².